The number of halogens is 17. The number of carboxylic acid groups (broad SMARTS) is 1. The molecular formula is C13H10F17KNO4S. The fourth-order valence-electron chi connectivity index (χ4n) is 2.16. The number of hydrogen-bond acceptors (Lipinski definition) is 3. The molecule has 0 atom stereocenters. The standard InChI is InChI=1S/C13H10F17NO4S.K/c1-2-3-31(4-5(32)33)36(34,35)13(29,30)11(24,25)9(20,21)7(16,17)6(14,15)8(18,19)10(22,23)12(26,27)28;/h2-4H2,1H3,(H,32,33);. The van der Waals surface area contributed by atoms with E-state index in [1.807, 2.05) is 0 Å². The molecule has 0 aromatic rings. The van der Waals surface area contributed by atoms with Gasteiger partial charge in [-0.25, -0.2) is 8.42 Å². The topological polar surface area (TPSA) is 74.7 Å². The predicted octanol–water partition coefficient (Wildman–Crippen LogP) is 4.70. The first-order valence-corrected chi connectivity index (χ1v) is 9.74. The van der Waals surface area contributed by atoms with Crippen molar-refractivity contribution < 1.29 is 93.0 Å². The Morgan fingerprint density at radius 1 is 0.649 bits per heavy atom. The van der Waals surface area contributed by atoms with Crippen LogP contribution in [0.25, 0.3) is 0 Å². The van der Waals surface area contributed by atoms with Gasteiger partial charge in [-0.3, -0.25) is 4.79 Å². The largest absolute Gasteiger partial charge is 0.480 e. The number of nitrogens with zero attached hydrogens (tertiary/aromatic N) is 1. The Hall–Kier alpha value is -0.174. The Kier molecular flexibility index (Phi) is 11.6. The Morgan fingerprint density at radius 3 is 1.22 bits per heavy atom. The van der Waals surface area contributed by atoms with Crippen molar-refractivity contribution >= 4 is 67.4 Å². The maximum atomic E-state index is 14.0. The Morgan fingerprint density at radius 2 is 0.946 bits per heavy atom. The van der Waals surface area contributed by atoms with E-state index in [1.54, 1.807) is 0 Å². The van der Waals surface area contributed by atoms with Gasteiger partial charge < -0.3 is 5.11 Å². The maximum Gasteiger partial charge on any atom is 0.460 e. The first-order chi connectivity index (χ1) is 15.4. The molecule has 0 unspecified atom stereocenters. The number of hydrogen-bond donors (Lipinski definition) is 1. The zero-order valence-corrected chi connectivity index (χ0v) is 21.5. The average molecular weight is 638 g/mol. The van der Waals surface area contributed by atoms with E-state index in [0.29, 0.717) is 0 Å². The van der Waals surface area contributed by atoms with Gasteiger partial charge in [0.25, 0.3) is 10.0 Å². The number of carbonyl (C=O) groups is 1. The van der Waals surface area contributed by atoms with E-state index >= 15 is 0 Å². The van der Waals surface area contributed by atoms with Crippen LogP contribution < -0.4 is 0 Å². The van der Waals surface area contributed by atoms with Crippen LogP contribution in [0.4, 0.5) is 74.6 Å². The number of carboxylic acids is 1. The van der Waals surface area contributed by atoms with E-state index in [0.717, 1.165) is 6.92 Å². The van der Waals surface area contributed by atoms with Gasteiger partial charge >= 0.3 is 52.9 Å². The smallest absolute Gasteiger partial charge is 0.460 e. The minimum absolute atomic E-state index is 0. The first kappa shape index (κ1) is 39.0. The molecule has 0 amide bonds. The number of alkyl halides is 17. The van der Waals surface area contributed by atoms with E-state index in [2.05, 4.69) is 0 Å². The molecule has 1 radical (unpaired) electrons. The van der Waals surface area contributed by atoms with Crippen molar-refractivity contribution in [3.05, 3.63) is 0 Å². The van der Waals surface area contributed by atoms with Crippen LogP contribution >= 0.6 is 0 Å². The van der Waals surface area contributed by atoms with Crippen molar-refractivity contribution in [3.8, 4) is 0 Å². The quantitative estimate of drug-likeness (QED) is 0.249. The Balaban J connectivity index is 0. The van der Waals surface area contributed by atoms with E-state index in [4.69, 9.17) is 5.11 Å². The second-order valence-electron chi connectivity index (χ2n) is 6.69. The molecule has 0 saturated carbocycles. The zero-order chi connectivity index (χ0) is 29.8. The molecule has 0 aromatic carbocycles. The molecule has 24 heteroatoms. The SMILES string of the molecule is CCCN(CC(=O)O)S(=O)(=O)C(F)(F)C(F)(F)C(F)(F)C(F)(F)C(F)(F)C(F)(F)C(F)(F)C(F)(F)F.[K]. The summed E-state index contributed by atoms with van der Waals surface area (Å²) < 4.78 is 247. The van der Waals surface area contributed by atoms with E-state index in [9.17, 15) is 87.8 Å². The summed E-state index contributed by atoms with van der Waals surface area (Å²) in [5.74, 6) is -54.7. The first-order valence-electron chi connectivity index (χ1n) is 8.30. The number of aliphatic carboxylic acids is 1. The molecule has 217 valence electrons. The summed E-state index contributed by atoms with van der Waals surface area (Å²) in [4.78, 5) is 10.5. The van der Waals surface area contributed by atoms with Crippen molar-refractivity contribution in [1.29, 1.82) is 0 Å². The van der Waals surface area contributed by atoms with Crippen LogP contribution in [-0.4, -0.2) is 135 Å². The van der Waals surface area contributed by atoms with Crippen LogP contribution in [0.15, 0.2) is 0 Å². The summed E-state index contributed by atoms with van der Waals surface area (Å²) in [6.07, 6.45) is -8.68. The molecule has 0 aliphatic heterocycles. The fourth-order valence-corrected chi connectivity index (χ4v) is 3.64. The van der Waals surface area contributed by atoms with Gasteiger partial charge in [-0.05, 0) is 6.42 Å². The van der Waals surface area contributed by atoms with Crippen molar-refractivity contribution in [2.75, 3.05) is 13.1 Å². The monoisotopic (exact) mass is 638 g/mol. The van der Waals surface area contributed by atoms with Crippen LogP contribution in [0.1, 0.15) is 13.3 Å². The van der Waals surface area contributed by atoms with Gasteiger partial charge in [-0.2, -0.15) is 78.9 Å². The molecule has 5 nitrogen and oxygen atoms in total. The molecule has 0 aliphatic carbocycles. The van der Waals surface area contributed by atoms with Crippen molar-refractivity contribution in [2.45, 2.75) is 60.3 Å². The van der Waals surface area contributed by atoms with Gasteiger partial charge in [0, 0.05) is 57.9 Å². The molecule has 0 aromatic heterocycles. The molecule has 0 fully saturated rings. The van der Waals surface area contributed by atoms with Gasteiger partial charge in [-0.1, -0.05) is 6.92 Å². The minimum atomic E-state index is -8.94. The van der Waals surface area contributed by atoms with E-state index in [-0.39, 0.29) is 51.4 Å². The molecule has 1 N–H and O–H groups in total. The van der Waals surface area contributed by atoms with Crippen LogP contribution in [0.2, 0.25) is 0 Å². The summed E-state index contributed by atoms with van der Waals surface area (Å²) >= 11 is 0. The van der Waals surface area contributed by atoms with Crippen molar-refractivity contribution in [3.63, 3.8) is 0 Å². The molecule has 0 heterocycles. The molecular weight excluding hydrogens is 628 g/mol. The molecule has 0 aliphatic rings. The average Bonchev–Trinajstić information content (AvgIpc) is 2.65. The molecule has 0 saturated heterocycles. The number of rotatable bonds is 12. The van der Waals surface area contributed by atoms with E-state index in [1.165, 1.54) is 0 Å². The predicted molar refractivity (Wildman–Crippen MR) is 84.9 cm³/mol. The van der Waals surface area contributed by atoms with Gasteiger partial charge in [0.1, 0.15) is 6.54 Å². The van der Waals surface area contributed by atoms with Crippen LogP contribution in [0.5, 0.6) is 0 Å². The van der Waals surface area contributed by atoms with Gasteiger partial charge in [0.2, 0.25) is 0 Å². The maximum absolute atomic E-state index is 14.0. The van der Waals surface area contributed by atoms with Crippen LogP contribution in [0.3, 0.4) is 0 Å². The second-order valence-corrected chi connectivity index (χ2v) is 8.67. The Labute approximate surface area is 236 Å². The summed E-state index contributed by atoms with van der Waals surface area (Å²) in [7, 11) is -7.60. The summed E-state index contributed by atoms with van der Waals surface area (Å²) in [6.45, 7) is -2.98. The molecule has 0 bridgehead atoms. The second kappa shape index (κ2) is 11.0. The third-order valence-electron chi connectivity index (χ3n) is 4.14. The van der Waals surface area contributed by atoms with Gasteiger partial charge in [0.05, 0.1) is 0 Å². The Bertz CT molecular complexity index is 934. The van der Waals surface area contributed by atoms with Crippen molar-refractivity contribution in [2.24, 2.45) is 0 Å². The number of sulfonamides is 1. The third-order valence-corrected chi connectivity index (χ3v) is 6.04. The summed E-state index contributed by atoms with van der Waals surface area (Å²) in [5, 5.41) is 0.649. The molecule has 37 heavy (non-hydrogen) atoms. The van der Waals surface area contributed by atoms with Gasteiger partial charge in [0.15, 0.2) is 0 Å². The van der Waals surface area contributed by atoms with Crippen LogP contribution in [0, 0.1) is 0 Å². The zero-order valence-electron chi connectivity index (χ0n) is 17.6. The third kappa shape index (κ3) is 5.70. The normalized spacial score (nSPS) is 15.5. The fraction of sp³-hybridized carbons (Fsp3) is 0.923. The molecule has 0 spiro atoms. The summed E-state index contributed by atoms with van der Waals surface area (Å²) in [6, 6.07) is 0. The minimum Gasteiger partial charge on any atom is -0.480 e. The summed E-state index contributed by atoms with van der Waals surface area (Å²) in [5.41, 5.74) is 0. The van der Waals surface area contributed by atoms with Crippen LogP contribution in [-0.2, 0) is 14.8 Å². The van der Waals surface area contributed by atoms with E-state index < -0.39 is 86.8 Å². The van der Waals surface area contributed by atoms with Gasteiger partial charge in [-0.15, -0.1) is 0 Å². The molecule has 0 rings (SSSR count). The van der Waals surface area contributed by atoms with Crippen molar-refractivity contribution in [1.82, 2.24) is 4.31 Å².